The second-order valence-electron chi connectivity index (χ2n) is 8.25. The maximum Gasteiger partial charge on any atom is 0.242 e. The lowest BCUT2D eigenvalue weighted by Crippen LogP contribution is -2.41. The van der Waals surface area contributed by atoms with Crippen molar-refractivity contribution in [2.45, 2.75) is 54.6 Å². The SMILES string of the molecule is C[C@@H](NC(=O)[C@H]1CC[C@H](NS(=O)(=O)c2cnc3c(c2)NCCS3)CC1)c1ccc(F)cc1. The fourth-order valence-electron chi connectivity index (χ4n) is 4.08. The van der Waals surface area contributed by atoms with Gasteiger partial charge in [0.1, 0.15) is 15.7 Å². The van der Waals surface area contributed by atoms with Crippen LogP contribution in [0.3, 0.4) is 0 Å². The van der Waals surface area contributed by atoms with Gasteiger partial charge in [-0.15, -0.1) is 11.8 Å². The van der Waals surface area contributed by atoms with Gasteiger partial charge in [-0.25, -0.2) is 22.5 Å². The number of nitrogens with zero attached hydrogens (tertiary/aromatic N) is 1. The first-order valence-electron chi connectivity index (χ1n) is 10.8. The number of thioether (sulfide) groups is 1. The van der Waals surface area contributed by atoms with E-state index in [2.05, 4.69) is 20.3 Å². The third-order valence-corrected chi connectivity index (χ3v) is 8.44. The Bertz CT molecular complexity index is 1070. The van der Waals surface area contributed by atoms with Crippen molar-refractivity contribution in [1.82, 2.24) is 15.0 Å². The van der Waals surface area contributed by atoms with Gasteiger partial charge in [0.25, 0.3) is 0 Å². The first kappa shape index (κ1) is 23.0. The number of benzene rings is 1. The fourth-order valence-corrected chi connectivity index (χ4v) is 6.17. The van der Waals surface area contributed by atoms with E-state index in [1.165, 1.54) is 18.3 Å². The van der Waals surface area contributed by atoms with E-state index in [1.54, 1.807) is 30.0 Å². The van der Waals surface area contributed by atoms with Gasteiger partial charge in [0.05, 0.1) is 11.7 Å². The summed E-state index contributed by atoms with van der Waals surface area (Å²) in [6.07, 6.45) is 3.80. The number of aromatic nitrogens is 1. The molecule has 32 heavy (non-hydrogen) atoms. The average molecular weight is 479 g/mol. The number of fused-ring (bicyclic) bond motifs is 1. The number of carbonyl (C=O) groups is 1. The number of nitrogens with one attached hydrogen (secondary N) is 3. The van der Waals surface area contributed by atoms with Crippen LogP contribution in [0.1, 0.15) is 44.2 Å². The van der Waals surface area contributed by atoms with Crippen LogP contribution in [0.15, 0.2) is 46.5 Å². The molecule has 0 saturated heterocycles. The van der Waals surface area contributed by atoms with Gasteiger partial charge in [-0.05, 0) is 56.4 Å². The molecule has 1 aliphatic heterocycles. The number of rotatable bonds is 6. The van der Waals surface area contributed by atoms with Crippen LogP contribution in [0.4, 0.5) is 10.1 Å². The molecule has 10 heteroatoms. The van der Waals surface area contributed by atoms with Gasteiger partial charge >= 0.3 is 0 Å². The van der Waals surface area contributed by atoms with Crippen LogP contribution in [0.25, 0.3) is 0 Å². The number of carbonyl (C=O) groups excluding carboxylic acids is 1. The van der Waals surface area contributed by atoms with Gasteiger partial charge in [0, 0.05) is 30.5 Å². The number of halogens is 1. The van der Waals surface area contributed by atoms with E-state index < -0.39 is 10.0 Å². The number of sulfonamides is 1. The first-order valence-corrected chi connectivity index (χ1v) is 13.2. The quantitative estimate of drug-likeness (QED) is 0.588. The normalized spacial score (nSPS) is 21.8. The van der Waals surface area contributed by atoms with Gasteiger partial charge < -0.3 is 10.6 Å². The van der Waals surface area contributed by atoms with Crippen molar-refractivity contribution >= 4 is 33.4 Å². The summed E-state index contributed by atoms with van der Waals surface area (Å²) in [5.41, 5.74) is 1.59. The number of pyridine rings is 1. The van der Waals surface area contributed by atoms with E-state index in [4.69, 9.17) is 0 Å². The summed E-state index contributed by atoms with van der Waals surface area (Å²) < 4.78 is 41.5. The Kier molecular flexibility index (Phi) is 7.02. The average Bonchev–Trinajstić information content (AvgIpc) is 2.79. The lowest BCUT2D eigenvalue weighted by Gasteiger charge is -2.29. The second-order valence-corrected chi connectivity index (χ2v) is 11.0. The second kappa shape index (κ2) is 9.76. The van der Waals surface area contributed by atoms with Crippen molar-refractivity contribution in [2.75, 3.05) is 17.6 Å². The number of hydrogen-bond donors (Lipinski definition) is 3. The van der Waals surface area contributed by atoms with Crippen LogP contribution in [0.2, 0.25) is 0 Å². The van der Waals surface area contributed by atoms with E-state index in [-0.39, 0.29) is 34.6 Å². The summed E-state index contributed by atoms with van der Waals surface area (Å²) in [6.45, 7) is 2.65. The smallest absolute Gasteiger partial charge is 0.242 e. The summed E-state index contributed by atoms with van der Waals surface area (Å²) in [5, 5.41) is 6.99. The van der Waals surface area contributed by atoms with Crippen LogP contribution in [-0.4, -0.2) is 37.6 Å². The van der Waals surface area contributed by atoms with Crippen LogP contribution >= 0.6 is 11.8 Å². The fraction of sp³-hybridized carbons (Fsp3) is 0.455. The van der Waals surface area contributed by atoms with Crippen molar-refractivity contribution < 1.29 is 17.6 Å². The first-order chi connectivity index (χ1) is 15.3. The highest BCUT2D eigenvalue weighted by Gasteiger charge is 2.30. The molecular weight excluding hydrogens is 451 g/mol. The zero-order chi connectivity index (χ0) is 22.7. The van der Waals surface area contributed by atoms with Crippen LogP contribution in [0, 0.1) is 11.7 Å². The molecule has 2 heterocycles. The van der Waals surface area contributed by atoms with Crippen molar-refractivity contribution in [1.29, 1.82) is 0 Å². The predicted octanol–water partition coefficient (Wildman–Crippen LogP) is 3.45. The van der Waals surface area contributed by atoms with Crippen molar-refractivity contribution in [3.63, 3.8) is 0 Å². The van der Waals surface area contributed by atoms with Gasteiger partial charge in [-0.3, -0.25) is 4.79 Å². The molecule has 1 fully saturated rings. The lowest BCUT2D eigenvalue weighted by atomic mass is 9.85. The lowest BCUT2D eigenvalue weighted by molar-refractivity contribution is -0.126. The molecule has 1 aromatic heterocycles. The monoisotopic (exact) mass is 478 g/mol. The molecule has 0 bridgehead atoms. The minimum atomic E-state index is -3.68. The molecule has 1 aliphatic carbocycles. The Morgan fingerprint density at radius 3 is 2.66 bits per heavy atom. The predicted molar refractivity (Wildman–Crippen MR) is 122 cm³/mol. The molecule has 1 saturated carbocycles. The zero-order valence-corrected chi connectivity index (χ0v) is 19.4. The molecule has 1 amide bonds. The molecule has 2 aliphatic rings. The van der Waals surface area contributed by atoms with E-state index in [0.717, 1.165) is 28.6 Å². The Balaban J connectivity index is 1.30. The topological polar surface area (TPSA) is 100 Å². The minimum Gasteiger partial charge on any atom is -0.382 e. The largest absolute Gasteiger partial charge is 0.382 e. The molecule has 0 spiro atoms. The third kappa shape index (κ3) is 5.41. The maximum absolute atomic E-state index is 13.1. The van der Waals surface area contributed by atoms with Crippen molar-refractivity contribution in [3.05, 3.63) is 47.9 Å². The number of amides is 1. The Morgan fingerprint density at radius 2 is 1.94 bits per heavy atom. The summed E-state index contributed by atoms with van der Waals surface area (Å²) in [7, 11) is -3.68. The summed E-state index contributed by atoms with van der Waals surface area (Å²) >= 11 is 1.61. The molecule has 1 aromatic carbocycles. The summed E-state index contributed by atoms with van der Waals surface area (Å²) in [4.78, 5) is 17.1. The molecule has 7 nitrogen and oxygen atoms in total. The van der Waals surface area contributed by atoms with Crippen LogP contribution in [0.5, 0.6) is 0 Å². The van der Waals surface area contributed by atoms with E-state index >= 15 is 0 Å². The maximum atomic E-state index is 13.1. The highest BCUT2D eigenvalue weighted by Crippen LogP contribution is 2.31. The van der Waals surface area contributed by atoms with Gasteiger partial charge in [-0.1, -0.05) is 12.1 Å². The van der Waals surface area contributed by atoms with Gasteiger partial charge in [0.15, 0.2) is 0 Å². The van der Waals surface area contributed by atoms with Crippen molar-refractivity contribution in [3.8, 4) is 0 Å². The van der Waals surface area contributed by atoms with E-state index in [0.29, 0.717) is 25.7 Å². The highest BCUT2D eigenvalue weighted by molar-refractivity contribution is 7.99. The molecular formula is C22H27FN4O3S2. The van der Waals surface area contributed by atoms with E-state index in [9.17, 15) is 17.6 Å². The van der Waals surface area contributed by atoms with Crippen molar-refractivity contribution in [2.24, 2.45) is 5.92 Å². The summed E-state index contributed by atoms with van der Waals surface area (Å²) in [6, 6.07) is 7.28. The van der Waals surface area contributed by atoms with E-state index in [1.807, 2.05) is 6.92 Å². The molecule has 3 N–H and O–H groups in total. The number of anilines is 1. The molecule has 2 aromatic rings. The van der Waals surface area contributed by atoms with Crippen LogP contribution < -0.4 is 15.4 Å². The van der Waals surface area contributed by atoms with Crippen LogP contribution in [-0.2, 0) is 14.8 Å². The molecule has 0 radical (unpaired) electrons. The van der Waals surface area contributed by atoms with Gasteiger partial charge in [-0.2, -0.15) is 0 Å². The summed E-state index contributed by atoms with van der Waals surface area (Å²) in [5.74, 6) is 0.384. The Morgan fingerprint density at radius 1 is 1.22 bits per heavy atom. The Hall–Kier alpha value is -2.17. The zero-order valence-electron chi connectivity index (χ0n) is 17.8. The number of hydrogen-bond acceptors (Lipinski definition) is 6. The molecule has 4 rings (SSSR count). The molecule has 0 unspecified atom stereocenters. The third-order valence-electron chi connectivity index (χ3n) is 5.94. The minimum absolute atomic E-state index is 0.0504. The molecule has 172 valence electrons. The standard InChI is InChI=1S/C22H27FN4O3S2/c1-14(15-2-6-17(23)7-3-15)26-21(28)16-4-8-18(9-5-16)27-32(29,30)19-12-20-22(25-13-19)31-11-10-24-20/h2-3,6-7,12-14,16,18,24,27H,4-5,8-11H2,1H3,(H,26,28)/t14-,16-,18-/m1/s1. The molecule has 1 atom stereocenters. The highest BCUT2D eigenvalue weighted by atomic mass is 32.2. The Labute approximate surface area is 192 Å². The van der Waals surface area contributed by atoms with Gasteiger partial charge in [0.2, 0.25) is 15.9 Å².